The van der Waals surface area contributed by atoms with Crippen LogP contribution in [0, 0.1) is 11.2 Å². The van der Waals surface area contributed by atoms with Gasteiger partial charge in [-0.1, -0.05) is 31.9 Å². The van der Waals surface area contributed by atoms with E-state index in [4.69, 9.17) is 4.74 Å². The van der Waals surface area contributed by atoms with E-state index >= 15 is 0 Å². The molecule has 0 amide bonds. The minimum absolute atomic E-state index is 0.104. The van der Waals surface area contributed by atoms with Gasteiger partial charge in [0.2, 0.25) is 0 Å². The van der Waals surface area contributed by atoms with Crippen LogP contribution in [0.15, 0.2) is 24.3 Å². The minimum Gasteiger partial charge on any atom is -0.488 e. The van der Waals surface area contributed by atoms with E-state index in [0.717, 1.165) is 6.54 Å². The third-order valence-corrected chi connectivity index (χ3v) is 4.56. The summed E-state index contributed by atoms with van der Waals surface area (Å²) >= 11 is 0. The number of hydrogen-bond acceptors (Lipinski definition) is 3. The van der Waals surface area contributed by atoms with Crippen molar-refractivity contribution in [2.75, 3.05) is 19.7 Å². The molecule has 1 aliphatic rings. The molecule has 0 aliphatic heterocycles. The minimum atomic E-state index is -0.625. The summed E-state index contributed by atoms with van der Waals surface area (Å²) in [6.45, 7) is 3.77. The lowest BCUT2D eigenvalue weighted by molar-refractivity contribution is 0.0999. The maximum atomic E-state index is 13.4. The van der Waals surface area contributed by atoms with Gasteiger partial charge in [-0.3, -0.25) is 0 Å². The highest BCUT2D eigenvalue weighted by Gasteiger charge is 2.31. The molecule has 2 rings (SSSR count). The molecule has 1 fully saturated rings. The second-order valence-corrected chi connectivity index (χ2v) is 6.09. The second-order valence-electron chi connectivity index (χ2n) is 6.09. The molecule has 2 N–H and O–H groups in total. The Balaban J connectivity index is 1.68. The normalized spacial score (nSPS) is 18.6. The molecule has 1 atom stereocenters. The van der Waals surface area contributed by atoms with E-state index in [2.05, 4.69) is 12.2 Å². The molecule has 1 saturated carbocycles. The Morgan fingerprint density at radius 3 is 2.71 bits per heavy atom. The second kappa shape index (κ2) is 7.76. The summed E-state index contributed by atoms with van der Waals surface area (Å²) in [6, 6.07) is 6.26. The van der Waals surface area contributed by atoms with Gasteiger partial charge < -0.3 is 15.2 Å². The number of rotatable bonds is 8. The van der Waals surface area contributed by atoms with Crippen molar-refractivity contribution in [1.29, 1.82) is 0 Å². The van der Waals surface area contributed by atoms with Crippen LogP contribution in [-0.4, -0.2) is 30.9 Å². The van der Waals surface area contributed by atoms with Gasteiger partial charge in [-0.25, -0.2) is 4.39 Å². The molecule has 0 heterocycles. The van der Waals surface area contributed by atoms with Crippen molar-refractivity contribution in [2.45, 2.75) is 45.1 Å². The average molecular weight is 295 g/mol. The molecule has 0 spiro atoms. The lowest BCUT2D eigenvalue weighted by atomic mass is 9.83. The van der Waals surface area contributed by atoms with Crippen molar-refractivity contribution in [3.63, 3.8) is 0 Å². The lowest BCUT2D eigenvalue weighted by Gasteiger charge is -2.28. The summed E-state index contributed by atoms with van der Waals surface area (Å²) in [5, 5.41) is 13.3. The Kier molecular flexibility index (Phi) is 6.00. The van der Waals surface area contributed by atoms with Crippen LogP contribution in [0.3, 0.4) is 0 Å². The number of ether oxygens (including phenoxy) is 1. The number of benzene rings is 1. The maximum absolute atomic E-state index is 13.4. The standard InChI is InChI=1S/C17H26FNO2/c1-2-17(9-5-6-10-17)13-19-11-14(20)12-21-16-8-4-3-7-15(16)18/h3-4,7-8,14,19-20H,2,5-6,9-13H2,1H3. The number of para-hydroxylation sites is 1. The monoisotopic (exact) mass is 295 g/mol. The topological polar surface area (TPSA) is 41.5 Å². The molecule has 4 heteroatoms. The molecule has 118 valence electrons. The highest BCUT2D eigenvalue weighted by molar-refractivity contribution is 5.23. The molecule has 0 aromatic heterocycles. The van der Waals surface area contributed by atoms with Crippen molar-refractivity contribution in [1.82, 2.24) is 5.32 Å². The van der Waals surface area contributed by atoms with Gasteiger partial charge >= 0.3 is 0 Å². The number of aliphatic hydroxyl groups excluding tert-OH is 1. The van der Waals surface area contributed by atoms with Crippen molar-refractivity contribution in [3.05, 3.63) is 30.1 Å². The highest BCUT2D eigenvalue weighted by atomic mass is 19.1. The summed E-state index contributed by atoms with van der Waals surface area (Å²) < 4.78 is 18.7. The number of halogens is 1. The van der Waals surface area contributed by atoms with Gasteiger partial charge in [0.1, 0.15) is 12.7 Å². The van der Waals surface area contributed by atoms with Crippen LogP contribution < -0.4 is 10.1 Å². The average Bonchev–Trinajstić information content (AvgIpc) is 2.96. The van der Waals surface area contributed by atoms with Gasteiger partial charge in [0.05, 0.1) is 0 Å². The predicted octanol–water partition coefficient (Wildman–Crippen LogP) is 3.13. The maximum Gasteiger partial charge on any atom is 0.165 e. The van der Waals surface area contributed by atoms with Gasteiger partial charge in [-0.15, -0.1) is 0 Å². The molecular formula is C17H26FNO2. The van der Waals surface area contributed by atoms with E-state index in [1.54, 1.807) is 18.2 Å². The van der Waals surface area contributed by atoms with Crippen molar-refractivity contribution >= 4 is 0 Å². The number of nitrogens with one attached hydrogen (secondary N) is 1. The lowest BCUT2D eigenvalue weighted by Crippen LogP contribution is -2.38. The Morgan fingerprint density at radius 1 is 1.33 bits per heavy atom. The first-order chi connectivity index (χ1) is 10.2. The zero-order chi connectivity index (χ0) is 15.1. The van der Waals surface area contributed by atoms with E-state index in [9.17, 15) is 9.50 Å². The van der Waals surface area contributed by atoms with Gasteiger partial charge in [0.15, 0.2) is 11.6 Å². The summed E-state index contributed by atoms with van der Waals surface area (Å²) in [5.74, 6) is -0.203. The fourth-order valence-corrected chi connectivity index (χ4v) is 3.09. The molecule has 1 aromatic rings. The van der Waals surface area contributed by atoms with Gasteiger partial charge in [-0.2, -0.15) is 0 Å². The quantitative estimate of drug-likeness (QED) is 0.774. The molecule has 0 saturated heterocycles. The van der Waals surface area contributed by atoms with Crippen LogP contribution in [0.25, 0.3) is 0 Å². The Hall–Kier alpha value is -1.13. The third kappa shape index (κ3) is 4.68. The van der Waals surface area contributed by atoms with Crippen molar-refractivity contribution in [2.24, 2.45) is 5.41 Å². The summed E-state index contributed by atoms with van der Waals surface area (Å²) in [4.78, 5) is 0. The Bertz CT molecular complexity index is 433. The fraction of sp³-hybridized carbons (Fsp3) is 0.647. The zero-order valence-corrected chi connectivity index (χ0v) is 12.8. The van der Waals surface area contributed by atoms with Crippen LogP contribution in [-0.2, 0) is 0 Å². The highest BCUT2D eigenvalue weighted by Crippen LogP contribution is 2.40. The number of aliphatic hydroxyl groups is 1. The number of hydrogen-bond donors (Lipinski definition) is 2. The first-order valence-corrected chi connectivity index (χ1v) is 7.91. The van der Waals surface area contributed by atoms with Gasteiger partial charge in [0.25, 0.3) is 0 Å². The smallest absolute Gasteiger partial charge is 0.165 e. The zero-order valence-electron chi connectivity index (χ0n) is 12.8. The van der Waals surface area contributed by atoms with Crippen molar-refractivity contribution < 1.29 is 14.2 Å². The van der Waals surface area contributed by atoms with Crippen LogP contribution in [0.2, 0.25) is 0 Å². The van der Waals surface area contributed by atoms with Crippen LogP contribution in [0.5, 0.6) is 5.75 Å². The molecule has 3 nitrogen and oxygen atoms in total. The Labute approximate surface area is 126 Å². The molecule has 21 heavy (non-hydrogen) atoms. The van der Waals surface area contributed by atoms with Gasteiger partial charge in [0, 0.05) is 13.1 Å². The summed E-state index contributed by atoms with van der Waals surface area (Å²) in [7, 11) is 0. The third-order valence-electron chi connectivity index (χ3n) is 4.56. The van der Waals surface area contributed by atoms with Crippen LogP contribution >= 0.6 is 0 Å². The van der Waals surface area contributed by atoms with E-state index < -0.39 is 11.9 Å². The molecule has 1 aliphatic carbocycles. The molecule has 0 radical (unpaired) electrons. The Morgan fingerprint density at radius 2 is 2.05 bits per heavy atom. The van der Waals surface area contributed by atoms with E-state index in [-0.39, 0.29) is 12.4 Å². The SMILES string of the molecule is CCC1(CNCC(O)COc2ccccc2F)CCCC1. The van der Waals surface area contributed by atoms with E-state index in [0.29, 0.717) is 12.0 Å². The van der Waals surface area contributed by atoms with Gasteiger partial charge in [-0.05, 0) is 36.8 Å². The largest absolute Gasteiger partial charge is 0.488 e. The van der Waals surface area contributed by atoms with Crippen molar-refractivity contribution in [3.8, 4) is 5.75 Å². The fourth-order valence-electron chi connectivity index (χ4n) is 3.09. The first kappa shape index (κ1) is 16.2. The molecular weight excluding hydrogens is 269 g/mol. The molecule has 1 unspecified atom stereocenters. The summed E-state index contributed by atoms with van der Waals surface area (Å²) in [5.41, 5.74) is 0.409. The van der Waals surface area contributed by atoms with Crippen LogP contribution in [0.4, 0.5) is 4.39 Å². The van der Waals surface area contributed by atoms with Crippen LogP contribution in [0.1, 0.15) is 39.0 Å². The predicted molar refractivity (Wildman–Crippen MR) is 82.0 cm³/mol. The molecule has 1 aromatic carbocycles. The van der Waals surface area contributed by atoms with E-state index in [1.165, 1.54) is 38.2 Å². The first-order valence-electron chi connectivity index (χ1n) is 7.91. The molecule has 0 bridgehead atoms. The summed E-state index contributed by atoms with van der Waals surface area (Å²) in [6.07, 6.45) is 5.74. The van der Waals surface area contributed by atoms with E-state index in [1.807, 2.05) is 0 Å².